The monoisotopic (exact) mass is 270 g/mol. The van der Waals surface area contributed by atoms with E-state index in [1.54, 1.807) is 18.2 Å². The summed E-state index contributed by atoms with van der Waals surface area (Å²) in [6, 6.07) is 8.84. The number of hydrogen-bond donors (Lipinski definition) is 2. The van der Waals surface area contributed by atoms with Crippen LogP contribution in [-0.2, 0) is 6.42 Å². The van der Waals surface area contributed by atoms with Crippen LogP contribution in [0.25, 0.3) is 10.8 Å². The molecule has 104 valence electrons. The van der Waals surface area contributed by atoms with Crippen molar-refractivity contribution in [3.05, 3.63) is 47.0 Å². The fourth-order valence-electron chi connectivity index (χ4n) is 2.39. The van der Waals surface area contributed by atoms with Gasteiger partial charge in [-0.1, -0.05) is 26.0 Å². The van der Waals surface area contributed by atoms with Gasteiger partial charge in [0.2, 0.25) is 11.8 Å². The molecule has 2 aromatic carbocycles. The molecule has 0 aliphatic rings. The van der Waals surface area contributed by atoms with Gasteiger partial charge >= 0.3 is 0 Å². The van der Waals surface area contributed by atoms with Crippen molar-refractivity contribution in [2.24, 2.45) is 17.4 Å². The highest BCUT2D eigenvalue weighted by molar-refractivity contribution is 6.03. The second-order valence-corrected chi connectivity index (χ2v) is 5.35. The molecular weight excluding hydrogens is 252 g/mol. The van der Waals surface area contributed by atoms with Crippen molar-refractivity contribution < 1.29 is 9.59 Å². The van der Waals surface area contributed by atoms with E-state index in [0.717, 1.165) is 22.8 Å². The molecule has 0 aromatic heterocycles. The second kappa shape index (κ2) is 5.33. The highest BCUT2D eigenvalue weighted by Crippen LogP contribution is 2.26. The number of fused-ring (bicyclic) bond motifs is 1. The molecule has 0 radical (unpaired) electrons. The zero-order valence-electron chi connectivity index (χ0n) is 11.6. The first-order chi connectivity index (χ1) is 9.40. The van der Waals surface area contributed by atoms with E-state index in [1.165, 1.54) is 0 Å². The first-order valence-corrected chi connectivity index (χ1v) is 6.55. The quantitative estimate of drug-likeness (QED) is 0.892. The van der Waals surface area contributed by atoms with E-state index >= 15 is 0 Å². The Morgan fingerprint density at radius 3 is 2.25 bits per heavy atom. The normalized spacial score (nSPS) is 10.9. The van der Waals surface area contributed by atoms with Crippen LogP contribution in [0.15, 0.2) is 30.3 Å². The molecule has 2 amide bonds. The SMILES string of the molecule is CC(C)Cc1c(C(N)=O)ccc2ccc(C(N)=O)cc12. The van der Waals surface area contributed by atoms with E-state index in [2.05, 4.69) is 13.8 Å². The minimum absolute atomic E-state index is 0.371. The number of benzene rings is 2. The third-order valence-corrected chi connectivity index (χ3v) is 3.30. The Morgan fingerprint density at radius 1 is 1.05 bits per heavy atom. The van der Waals surface area contributed by atoms with Crippen molar-refractivity contribution in [1.82, 2.24) is 0 Å². The van der Waals surface area contributed by atoms with Gasteiger partial charge in [-0.3, -0.25) is 9.59 Å². The van der Waals surface area contributed by atoms with Gasteiger partial charge in [0.05, 0.1) is 0 Å². The maximum absolute atomic E-state index is 11.6. The average Bonchev–Trinajstić information content (AvgIpc) is 2.37. The zero-order chi connectivity index (χ0) is 14.9. The van der Waals surface area contributed by atoms with Crippen LogP contribution >= 0.6 is 0 Å². The van der Waals surface area contributed by atoms with Gasteiger partial charge in [-0.15, -0.1) is 0 Å². The Balaban J connectivity index is 2.76. The van der Waals surface area contributed by atoms with Crippen molar-refractivity contribution in [2.75, 3.05) is 0 Å². The number of carbonyl (C=O) groups is 2. The van der Waals surface area contributed by atoms with Crippen LogP contribution < -0.4 is 11.5 Å². The molecule has 0 heterocycles. The number of primary amides is 2. The summed E-state index contributed by atoms with van der Waals surface area (Å²) in [5, 5.41) is 1.84. The van der Waals surface area contributed by atoms with Gasteiger partial charge in [0.15, 0.2) is 0 Å². The van der Waals surface area contributed by atoms with Crippen LogP contribution in [0.3, 0.4) is 0 Å². The van der Waals surface area contributed by atoms with E-state index in [1.807, 2.05) is 12.1 Å². The third kappa shape index (κ3) is 2.64. The van der Waals surface area contributed by atoms with E-state index in [9.17, 15) is 9.59 Å². The van der Waals surface area contributed by atoms with E-state index in [4.69, 9.17) is 11.5 Å². The first kappa shape index (κ1) is 14.1. The van der Waals surface area contributed by atoms with Crippen LogP contribution in [0.1, 0.15) is 40.1 Å². The smallest absolute Gasteiger partial charge is 0.248 e. The van der Waals surface area contributed by atoms with Gasteiger partial charge < -0.3 is 11.5 Å². The minimum Gasteiger partial charge on any atom is -0.366 e. The predicted octanol–water partition coefficient (Wildman–Crippen LogP) is 2.24. The number of amides is 2. The highest BCUT2D eigenvalue weighted by atomic mass is 16.1. The Morgan fingerprint density at radius 2 is 1.70 bits per heavy atom. The summed E-state index contributed by atoms with van der Waals surface area (Å²) in [5.74, 6) is -0.560. The number of carbonyl (C=O) groups excluding carboxylic acids is 2. The summed E-state index contributed by atoms with van der Waals surface area (Å²) in [6.07, 6.45) is 0.720. The van der Waals surface area contributed by atoms with Crippen LogP contribution in [0, 0.1) is 5.92 Å². The topological polar surface area (TPSA) is 86.2 Å². The summed E-state index contributed by atoms with van der Waals surface area (Å²) < 4.78 is 0. The lowest BCUT2D eigenvalue weighted by Crippen LogP contribution is -2.15. The van der Waals surface area contributed by atoms with Gasteiger partial charge in [0.25, 0.3) is 0 Å². The molecule has 4 nitrogen and oxygen atoms in total. The Hall–Kier alpha value is -2.36. The molecule has 0 fully saturated rings. The molecule has 0 aliphatic heterocycles. The van der Waals surface area contributed by atoms with E-state index in [0.29, 0.717) is 17.0 Å². The summed E-state index contributed by atoms with van der Waals surface area (Å²) in [4.78, 5) is 22.9. The minimum atomic E-state index is -0.480. The molecule has 4 N–H and O–H groups in total. The van der Waals surface area contributed by atoms with Crippen LogP contribution in [-0.4, -0.2) is 11.8 Å². The predicted molar refractivity (Wildman–Crippen MR) is 79.5 cm³/mol. The molecule has 0 bridgehead atoms. The molecule has 0 unspecified atom stereocenters. The average molecular weight is 270 g/mol. The molecule has 2 aromatic rings. The van der Waals surface area contributed by atoms with Crippen molar-refractivity contribution in [3.63, 3.8) is 0 Å². The summed E-state index contributed by atoms with van der Waals surface area (Å²) in [5.41, 5.74) is 12.6. The van der Waals surface area contributed by atoms with Crippen molar-refractivity contribution in [2.45, 2.75) is 20.3 Å². The van der Waals surface area contributed by atoms with E-state index in [-0.39, 0.29) is 0 Å². The van der Waals surface area contributed by atoms with Crippen molar-refractivity contribution in [3.8, 4) is 0 Å². The van der Waals surface area contributed by atoms with Crippen LogP contribution in [0.2, 0.25) is 0 Å². The van der Waals surface area contributed by atoms with Gasteiger partial charge in [-0.2, -0.15) is 0 Å². The number of rotatable bonds is 4. The summed E-state index contributed by atoms with van der Waals surface area (Å²) >= 11 is 0. The second-order valence-electron chi connectivity index (χ2n) is 5.35. The number of hydrogen-bond acceptors (Lipinski definition) is 2. The Labute approximate surface area is 117 Å². The zero-order valence-corrected chi connectivity index (χ0v) is 11.6. The van der Waals surface area contributed by atoms with Crippen LogP contribution in [0.5, 0.6) is 0 Å². The molecule has 4 heteroatoms. The molecule has 2 rings (SSSR count). The number of nitrogens with two attached hydrogens (primary N) is 2. The third-order valence-electron chi connectivity index (χ3n) is 3.30. The van der Waals surface area contributed by atoms with Gasteiger partial charge in [0.1, 0.15) is 0 Å². The van der Waals surface area contributed by atoms with Gasteiger partial charge in [-0.05, 0) is 46.9 Å². The summed E-state index contributed by atoms with van der Waals surface area (Å²) in [6.45, 7) is 4.14. The molecule has 0 aliphatic carbocycles. The lowest BCUT2D eigenvalue weighted by Gasteiger charge is -2.13. The molecular formula is C16H18N2O2. The molecule has 0 saturated carbocycles. The standard InChI is InChI=1S/C16H18N2O2/c1-9(2)7-14-12(16(18)20)6-5-10-3-4-11(15(17)19)8-13(10)14/h3-6,8-9H,7H2,1-2H3,(H2,17,19)(H2,18,20). The Kier molecular flexibility index (Phi) is 3.74. The molecule has 0 atom stereocenters. The fourth-order valence-corrected chi connectivity index (χ4v) is 2.39. The van der Waals surface area contributed by atoms with Crippen molar-refractivity contribution >= 4 is 22.6 Å². The Bertz CT molecular complexity index is 685. The molecule has 0 spiro atoms. The maximum Gasteiger partial charge on any atom is 0.248 e. The lowest BCUT2D eigenvalue weighted by atomic mass is 9.91. The molecule has 20 heavy (non-hydrogen) atoms. The van der Waals surface area contributed by atoms with Gasteiger partial charge in [-0.25, -0.2) is 0 Å². The van der Waals surface area contributed by atoms with E-state index < -0.39 is 11.8 Å². The molecule has 0 saturated heterocycles. The van der Waals surface area contributed by atoms with Crippen molar-refractivity contribution in [1.29, 1.82) is 0 Å². The van der Waals surface area contributed by atoms with Gasteiger partial charge in [0, 0.05) is 11.1 Å². The van der Waals surface area contributed by atoms with Crippen LogP contribution in [0.4, 0.5) is 0 Å². The lowest BCUT2D eigenvalue weighted by molar-refractivity contribution is 0.0992. The summed E-state index contributed by atoms with van der Waals surface area (Å²) in [7, 11) is 0. The maximum atomic E-state index is 11.6. The first-order valence-electron chi connectivity index (χ1n) is 6.55. The largest absolute Gasteiger partial charge is 0.366 e. The highest BCUT2D eigenvalue weighted by Gasteiger charge is 2.14. The fraction of sp³-hybridized carbons (Fsp3) is 0.250.